The van der Waals surface area contributed by atoms with Gasteiger partial charge in [0.2, 0.25) is 5.91 Å². The Kier molecular flexibility index (Phi) is 5.91. The van der Waals surface area contributed by atoms with E-state index in [0.29, 0.717) is 18.1 Å². The summed E-state index contributed by atoms with van der Waals surface area (Å²) < 4.78 is 5.46. The Morgan fingerprint density at radius 1 is 1.03 bits per heavy atom. The highest BCUT2D eigenvalue weighted by Gasteiger charge is 2.18. The molecule has 0 aliphatic heterocycles. The number of carbonyl (C=O) groups excluding carboxylic acids is 1. The van der Waals surface area contributed by atoms with Crippen molar-refractivity contribution in [2.45, 2.75) is 23.6 Å². The number of nitrogens with one attached hydrogen (secondary N) is 1. The van der Waals surface area contributed by atoms with E-state index >= 15 is 0 Å². The first kappa shape index (κ1) is 19.2. The van der Waals surface area contributed by atoms with Crippen molar-refractivity contribution in [1.29, 1.82) is 0 Å². The van der Waals surface area contributed by atoms with E-state index in [9.17, 15) is 4.79 Å². The second kappa shape index (κ2) is 8.92. The molecule has 1 N–H and O–H groups in total. The first-order valence-electron chi connectivity index (χ1n) is 9.49. The van der Waals surface area contributed by atoms with Crippen LogP contribution in [0.5, 0.6) is 0 Å². The van der Waals surface area contributed by atoms with Crippen LogP contribution in [-0.2, 0) is 11.2 Å². The molecule has 0 saturated carbocycles. The second-order valence-corrected chi connectivity index (χ2v) is 7.96. The third-order valence-corrected chi connectivity index (χ3v) is 5.63. The molecule has 4 rings (SSSR count). The molecule has 0 aliphatic rings. The van der Waals surface area contributed by atoms with Gasteiger partial charge >= 0.3 is 0 Å². The zero-order valence-corrected chi connectivity index (χ0v) is 16.9. The van der Waals surface area contributed by atoms with Crippen molar-refractivity contribution in [3.63, 3.8) is 0 Å². The third-order valence-electron chi connectivity index (χ3n) is 4.52. The van der Waals surface area contributed by atoms with Gasteiger partial charge in [0.25, 0.3) is 0 Å². The fraction of sp³-hybridized carbons (Fsp3) is 0.174. The van der Waals surface area contributed by atoms with E-state index < -0.39 is 0 Å². The molecule has 0 saturated heterocycles. The molecular weight excluding hydrogens is 382 g/mol. The maximum atomic E-state index is 12.6. The van der Waals surface area contributed by atoms with E-state index in [0.717, 1.165) is 22.3 Å². The lowest BCUT2D eigenvalue weighted by atomic mass is 10.1. The minimum atomic E-state index is -0.284. The smallest absolute Gasteiger partial charge is 0.233 e. The number of hydrogen-bond donors (Lipinski definition) is 1. The molecule has 2 aromatic carbocycles. The van der Waals surface area contributed by atoms with Crippen LogP contribution in [-0.4, -0.2) is 27.7 Å². The summed E-state index contributed by atoms with van der Waals surface area (Å²) in [5, 5.41) is 4.43. The number of carbonyl (C=O) groups is 1. The Hall–Kier alpha value is -3.12. The minimum Gasteiger partial charge on any atom is -0.461 e. The molecule has 0 aliphatic carbocycles. The van der Waals surface area contributed by atoms with E-state index in [-0.39, 0.29) is 11.2 Å². The van der Waals surface area contributed by atoms with Gasteiger partial charge in [-0.1, -0.05) is 60.3 Å². The molecule has 6 heteroatoms. The summed E-state index contributed by atoms with van der Waals surface area (Å²) in [5.74, 6) is 1.12. The van der Waals surface area contributed by atoms with Crippen LogP contribution in [0.3, 0.4) is 0 Å². The van der Waals surface area contributed by atoms with Crippen LogP contribution < -0.4 is 5.32 Å². The quantitative estimate of drug-likeness (QED) is 0.357. The summed E-state index contributed by atoms with van der Waals surface area (Å²) in [6, 6.07) is 21.6. The number of furan rings is 1. The van der Waals surface area contributed by atoms with Gasteiger partial charge in [-0.2, -0.15) is 0 Å². The summed E-state index contributed by atoms with van der Waals surface area (Å²) in [4.78, 5) is 21.9. The Morgan fingerprint density at radius 2 is 1.83 bits per heavy atom. The highest BCUT2D eigenvalue weighted by molar-refractivity contribution is 8.00. The van der Waals surface area contributed by atoms with Crippen molar-refractivity contribution in [3.05, 3.63) is 78.6 Å². The normalized spacial score (nSPS) is 12.0. The Morgan fingerprint density at radius 3 is 2.62 bits per heavy atom. The van der Waals surface area contributed by atoms with E-state index in [1.54, 1.807) is 6.26 Å². The van der Waals surface area contributed by atoms with Gasteiger partial charge in [-0.05, 0) is 37.1 Å². The van der Waals surface area contributed by atoms with Gasteiger partial charge in [0, 0.05) is 11.9 Å². The van der Waals surface area contributed by atoms with Crippen molar-refractivity contribution in [2.24, 2.45) is 0 Å². The van der Waals surface area contributed by atoms with Gasteiger partial charge in [0.15, 0.2) is 11.6 Å². The number of rotatable bonds is 7. The molecule has 146 valence electrons. The standard InChI is InChI=1S/C23H21N3O2S/c1-16(22(27)24-14-13-17-8-3-2-4-9-17)29-23-18-10-5-6-11-19(18)25-21(26-23)20-12-7-15-28-20/h2-12,15-16H,13-14H2,1H3,(H,24,27). The van der Waals surface area contributed by atoms with Crippen LogP contribution in [0.1, 0.15) is 12.5 Å². The Balaban J connectivity index is 1.48. The van der Waals surface area contributed by atoms with Gasteiger partial charge in [0.05, 0.1) is 17.0 Å². The predicted molar refractivity (Wildman–Crippen MR) is 116 cm³/mol. The van der Waals surface area contributed by atoms with E-state index in [1.165, 1.54) is 17.3 Å². The van der Waals surface area contributed by atoms with Crippen molar-refractivity contribution < 1.29 is 9.21 Å². The highest BCUT2D eigenvalue weighted by Crippen LogP contribution is 2.31. The fourth-order valence-electron chi connectivity index (χ4n) is 2.99. The summed E-state index contributed by atoms with van der Waals surface area (Å²) in [7, 11) is 0. The highest BCUT2D eigenvalue weighted by atomic mass is 32.2. The second-order valence-electron chi connectivity index (χ2n) is 6.63. The third kappa shape index (κ3) is 4.66. The Bertz CT molecular complexity index is 1100. The number of para-hydroxylation sites is 1. The lowest BCUT2D eigenvalue weighted by molar-refractivity contribution is -0.120. The zero-order chi connectivity index (χ0) is 20.1. The molecule has 0 fully saturated rings. The topological polar surface area (TPSA) is 68.0 Å². The molecular formula is C23H21N3O2S. The number of hydrogen-bond acceptors (Lipinski definition) is 5. The predicted octanol–water partition coefficient (Wildman–Crippen LogP) is 4.73. The maximum absolute atomic E-state index is 12.6. The minimum absolute atomic E-state index is 0.00632. The van der Waals surface area contributed by atoms with Crippen molar-refractivity contribution in [3.8, 4) is 11.6 Å². The summed E-state index contributed by atoms with van der Waals surface area (Å²) in [6.45, 7) is 2.50. The lowest BCUT2D eigenvalue weighted by Crippen LogP contribution is -2.32. The van der Waals surface area contributed by atoms with Crippen molar-refractivity contribution in [1.82, 2.24) is 15.3 Å². The number of nitrogens with zero attached hydrogens (tertiary/aromatic N) is 2. The van der Waals surface area contributed by atoms with E-state index in [2.05, 4.69) is 27.4 Å². The van der Waals surface area contributed by atoms with Gasteiger partial charge in [-0.15, -0.1) is 0 Å². The van der Waals surface area contributed by atoms with Crippen LogP contribution in [0, 0.1) is 0 Å². The van der Waals surface area contributed by atoms with Crippen LogP contribution >= 0.6 is 11.8 Å². The van der Waals surface area contributed by atoms with Crippen LogP contribution in [0.4, 0.5) is 0 Å². The number of aromatic nitrogens is 2. The summed E-state index contributed by atoms with van der Waals surface area (Å²) >= 11 is 1.43. The van der Waals surface area contributed by atoms with Crippen molar-refractivity contribution in [2.75, 3.05) is 6.54 Å². The molecule has 2 heterocycles. The van der Waals surface area contributed by atoms with Gasteiger partial charge in [-0.25, -0.2) is 9.97 Å². The van der Waals surface area contributed by atoms with E-state index in [4.69, 9.17) is 4.42 Å². The first-order valence-corrected chi connectivity index (χ1v) is 10.4. The number of amides is 1. The van der Waals surface area contributed by atoms with Crippen LogP contribution in [0.15, 0.2) is 82.4 Å². The monoisotopic (exact) mass is 403 g/mol. The van der Waals surface area contributed by atoms with Gasteiger partial charge in [0.1, 0.15) is 5.03 Å². The fourth-order valence-corrected chi connectivity index (χ4v) is 3.96. The molecule has 1 atom stereocenters. The largest absolute Gasteiger partial charge is 0.461 e. The number of benzene rings is 2. The maximum Gasteiger partial charge on any atom is 0.233 e. The Labute approximate surface area is 173 Å². The average Bonchev–Trinajstić information content (AvgIpc) is 3.29. The average molecular weight is 404 g/mol. The molecule has 4 aromatic rings. The van der Waals surface area contributed by atoms with Crippen molar-refractivity contribution >= 4 is 28.6 Å². The zero-order valence-electron chi connectivity index (χ0n) is 16.0. The molecule has 0 radical (unpaired) electrons. The SMILES string of the molecule is CC(Sc1nc(-c2ccco2)nc2ccccc12)C(=O)NCCc1ccccc1. The molecule has 1 amide bonds. The van der Waals surface area contributed by atoms with Crippen LogP contribution in [0.25, 0.3) is 22.5 Å². The molecule has 0 bridgehead atoms. The van der Waals surface area contributed by atoms with Gasteiger partial charge < -0.3 is 9.73 Å². The number of thioether (sulfide) groups is 1. The lowest BCUT2D eigenvalue weighted by Gasteiger charge is -2.13. The molecule has 0 spiro atoms. The van der Waals surface area contributed by atoms with Crippen LogP contribution in [0.2, 0.25) is 0 Å². The first-order chi connectivity index (χ1) is 14.2. The molecule has 2 aromatic heterocycles. The molecule has 1 unspecified atom stereocenters. The summed E-state index contributed by atoms with van der Waals surface area (Å²) in [5.41, 5.74) is 2.03. The van der Waals surface area contributed by atoms with Gasteiger partial charge in [-0.3, -0.25) is 4.79 Å². The van der Waals surface area contributed by atoms with E-state index in [1.807, 2.05) is 61.5 Å². The molecule has 29 heavy (non-hydrogen) atoms. The molecule has 5 nitrogen and oxygen atoms in total. The summed E-state index contributed by atoms with van der Waals surface area (Å²) in [6.07, 6.45) is 2.41. The number of fused-ring (bicyclic) bond motifs is 1.